The summed E-state index contributed by atoms with van der Waals surface area (Å²) in [5, 5.41) is 5.36. The molecule has 4 aromatic carbocycles. The second-order valence-corrected chi connectivity index (χ2v) is 8.14. The summed E-state index contributed by atoms with van der Waals surface area (Å²) in [5.41, 5.74) is 2.94. The van der Waals surface area contributed by atoms with Crippen LogP contribution in [0, 0.1) is 0 Å². The number of hydrogen-bond donors (Lipinski definition) is 1. The lowest BCUT2D eigenvalue weighted by Crippen LogP contribution is -2.17. The zero-order chi connectivity index (χ0) is 20.3. The highest BCUT2D eigenvalue weighted by Gasteiger charge is 2.20. The Kier molecular flexibility index (Phi) is 4.99. The highest BCUT2D eigenvalue weighted by molar-refractivity contribution is 8.04. The van der Waals surface area contributed by atoms with Crippen molar-refractivity contribution in [3.63, 3.8) is 0 Å². The van der Waals surface area contributed by atoms with Crippen molar-refractivity contribution >= 4 is 40.2 Å². The number of carbonyl (C=O) groups is 1. The number of fused-ring (bicyclic) bond motifs is 2. The summed E-state index contributed by atoms with van der Waals surface area (Å²) in [6.45, 7) is 0.490. The van der Waals surface area contributed by atoms with Crippen LogP contribution in [0.4, 0.5) is 5.69 Å². The fourth-order valence-corrected chi connectivity index (χ4v) is 4.48. The van der Waals surface area contributed by atoms with E-state index in [2.05, 4.69) is 35.6 Å². The molecule has 0 fully saturated rings. The number of amides is 1. The van der Waals surface area contributed by atoms with E-state index in [0.717, 1.165) is 27.5 Å². The minimum atomic E-state index is -0.0826. The summed E-state index contributed by atoms with van der Waals surface area (Å²) in [4.78, 5) is 14.2. The van der Waals surface area contributed by atoms with Gasteiger partial charge in [-0.25, -0.2) is 0 Å². The first-order valence-electron chi connectivity index (χ1n) is 9.76. The first kappa shape index (κ1) is 18.5. The van der Waals surface area contributed by atoms with Gasteiger partial charge < -0.3 is 10.1 Å². The predicted molar refractivity (Wildman–Crippen MR) is 124 cm³/mol. The topological polar surface area (TPSA) is 38.3 Å². The van der Waals surface area contributed by atoms with E-state index in [0.29, 0.717) is 11.5 Å². The summed E-state index contributed by atoms with van der Waals surface area (Å²) < 4.78 is 6.08. The van der Waals surface area contributed by atoms with Gasteiger partial charge >= 0.3 is 0 Å². The van der Waals surface area contributed by atoms with Gasteiger partial charge in [-0.2, -0.15) is 0 Å². The second kappa shape index (κ2) is 8.09. The third-order valence-electron chi connectivity index (χ3n) is 5.01. The minimum Gasteiger partial charge on any atom is -0.489 e. The van der Waals surface area contributed by atoms with Crippen molar-refractivity contribution in [2.45, 2.75) is 11.5 Å². The average molecular weight is 410 g/mol. The number of benzene rings is 4. The molecule has 1 aliphatic rings. The lowest BCUT2D eigenvalue weighted by molar-refractivity contribution is -0.112. The Labute approximate surface area is 179 Å². The molecule has 1 heterocycles. The van der Waals surface area contributed by atoms with Crippen molar-refractivity contribution in [2.24, 2.45) is 0 Å². The molecule has 0 aliphatic carbocycles. The summed E-state index contributed by atoms with van der Waals surface area (Å²) in [6.07, 6.45) is 1.90. The molecular formula is C26H19NO2S. The zero-order valence-electron chi connectivity index (χ0n) is 16.2. The largest absolute Gasteiger partial charge is 0.489 e. The predicted octanol–water partition coefficient (Wildman–Crippen LogP) is 6.50. The van der Waals surface area contributed by atoms with Crippen LogP contribution >= 0.6 is 11.8 Å². The number of carbonyl (C=O) groups excluding carboxylic acids is 1. The number of thioether (sulfide) groups is 1. The second-order valence-electron chi connectivity index (χ2n) is 7.06. The maximum Gasteiger partial charge on any atom is 0.262 e. The van der Waals surface area contributed by atoms with Gasteiger partial charge in [0.1, 0.15) is 12.4 Å². The van der Waals surface area contributed by atoms with E-state index in [-0.39, 0.29) is 5.91 Å². The number of rotatable bonds is 4. The Morgan fingerprint density at radius 2 is 1.67 bits per heavy atom. The molecule has 1 aliphatic heterocycles. The van der Waals surface area contributed by atoms with E-state index in [1.54, 1.807) is 0 Å². The van der Waals surface area contributed by atoms with Crippen molar-refractivity contribution in [1.82, 2.24) is 0 Å². The molecule has 4 aromatic rings. The number of nitrogens with one attached hydrogen (secondary N) is 1. The summed E-state index contributed by atoms with van der Waals surface area (Å²) >= 11 is 1.49. The van der Waals surface area contributed by atoms with Gasteiger partial charge in [0, 0.05) is 4.90 Å². The van der Waals surface area contributed by atoms with Gasteiger partial charge in [-0.15, -0.1) is 0 Å². The van der Waals surface area contributed by atoms with Crippen LogP contribution in [0.5, 0.6) is 5.75 Å². The van der Waals surface area contributed by atoms with Crippen LogP contribution in [0.15, 0.2) is 101 Å². The Morgan fingerprint density at radius 3 is 2.63 bits per heavy atom. The van der Waals surface area contributed by atoms with Crippen LogP contribution in [-0.2, 0) is 11.4 Å². The molecule has 0 unspecified atom stereocenters. The number of para-hydroxylation sites is 1. The Bertz CT molecular complexity index is 1270. The molecule has 1 amide bonds. The van der Waals surface area contributed by atoms with Gasteiger partial charge in [0.15, 0.2) is 0 Å². The molecule has 146 valence electrons. The van der Waals surface area contributed by atoms with Crippen LogP contribution in [0.1, 0.15) is 11.1 Å². The van der Waals surface area contributed by atoms with E-state index in [1.165, 1.54) is 22.5 Å². The summed E-state index contributed by atoms with van der Waals surface area (Å²) in [6, 6.07) is 30.2. The molecule has 0 bridgehead atoms. The van der Waals surface area contributed by atoms with Crippen LogP contribution in [-0.4, -0.2) is 5.91 Å². The van der Waals surface area contributed by atoms with Crippen LogP contribution in [0.3, 0.4) is 0 Å². The first-order chi connectivity index (χ1) is 14.8. The lowest BCUT2D eigenvalue weighted by atomic mass is 10.1. The maximum absolute atomic E-state index is 12.5. The van der Waals surface area contributed by atoms with Crippen molar-refractivity contribution < 1.29 is 9.53 Å². The van der Waals surface area contributed by atoms with Crippen molar-refractivity contribution in [2.75, 3.05) is 5.32 Å². The molecule has 0 radical (unpaired) electrons. The standard InChI is InChI=1S/C26H19NO2S/c28-26-25(30-24-14-4-3-13-23(24)27-26)16-18-7-5-11-21(15-18)29-17-20-10-6-9-19-8-1-2-12-22(19)20/h1-16H,17H2,(H,27,28)/b25-16-. The zero-order valence-corrected chi connectivity index (χ0v) is 17.0. The molecule has 5 rings (SSSR count). The van der Waals surface area contributed by atoms with Gasteiger partial charge in [0.25, 0.3) is 5.91 Å². The quantitative estimate of drug-likeness (QED) is 0.391. The molecule has 0 saturated heterocycles. The molecule has 1 N–H and O–H groups in total. The molecule has 30 heavy (non-hydrogen) atoms. The number of ether oxygens (including phenoxy) is 1. The van der Waals surface area contributed by atoms with Gasteiger partial charge in [-0.3, -0.25) is 4.79 Å². The van der Waals surface area contributed by atoms with E-state index >= 15 is 0 Å². The van der Waals surface area contributed by atoms with Crippen molar-refractivity contribution in [1.29, 1.82) is 0 Å². The number of hydrogen-bond acceptors (Lipinski definition) is 3. The van der Waals surface area contributed by atoms with Crippen LogP contribution in [0.2, 0.25) is 0 Å². The third kappa shape index (κ3) is 3.82. The minimum absolute atomic E-state index is 0.0826. The van der Waals surface area contributed by atoms with Gasteiger partial charge in [-0.1, -0.05) is 78.5 Å². The highest BCUT2D eigenvalue weighted by atomic mass is 32.2. The fourth-order valence-electron chi connectivity index (χ4n) is 3.53. The first-order valence-corrected chi connectivity index (χ1v) is 10.6. The average Bonchev–Trinajstić information content (AvgIpc) is 2.78. The monoisotopic (exact) mass is 409 g/mol. The third-order valence-corrected chi connectivity index (χ3v) is 6.11. The molecule has 0 atom stereocenters. The Morgan fingerprint density at radius 1 is 0.867 bits per heavy atom. The van der Waals surface area contributed by atoms with E-state index < -0.39 is 0 Å². The maximum atomic E-state index is 12.5. The molecule has 4 heteroatoms. The number of anilines is 1. The van der Waals surface area contributed by atoms with Gasteiger partial charge in [0.2, 0.25) is 0 Å². The SMILES string of the molecule is O=C1Nc2ccccc2S/C1=C\c1cccc(OCc2cccc3ccccc23)c1. The molecule has 0 aromatic heterocycles. The molecular weight excluding hydrogens is 390 g/mol. The van der Waals surface area contributed by atoms with Crippen LogP contribution in [0.25, 0.3) is 16.8 Å². The smallest absolute Gasteiger partial charge is 0.262 e. The van der Waals surface area contributed by atoms with Gasteiger partial charge in [0.05, 0.1) is 10.6 Å². The lowest BCUT2D eigenvalue weighted by Gasteiger charge is -2.18. The highest BCUT2D eigenvalue weighted by Crippen LogP contribution is 2.38. The molecule has 0 saturated carbocycles. The van der Waals surface area contributed by atoms with Crippen LogP contribution < -0.4 is 10.1 Å². The van der Waals surface area contributed by atoms with E-state index in [9.17, 15) is 4.79 Å². The molecule has 0 spiro atoms. The summed E-state index contributed by atoms with van der Waals surface area (Å²) in [7, 11) is 0. The summed E-state index contributed by atoms with van der Waals surface area (Å²) in [5.74, 6) is 0.694. The van der Waals surface area contributed by atoms with E-state index in [1.807, 2.05) is 66.7 Å². The van der Waals surface area contributed by atoms with Crippen molar-refractivity contribution in [3.8, 4) is 5.75 Å². The Hall–Kier alpha value is -3.50. The Balaban J connectivity index is 1.36. The van der Waals surface area contributed by atoms with Crippen molar-refractivity contribution in [3.05, 3.63) is 107 Å². The van der Waals surface area contributed by atoms with Gasteiger partial charge in [-0.05, 0) is 52.2 Å². The van der Waals surface area contributed by atoms with E-state index in [4.69, 9.17) is 4.74 Å². The fraction of sp³-hybridized carbons (Fsp3) is 0.0385. The normalized spacial score (nSPS) is 14.4. The molecule has 3 nitrogen and oxygen atoms in total.